The monoisotopic (exact) mass is 417 g/mol. The standard InChI is InChI=1S/C22H19N5O2S/c23-17-5-1-2-6-18(17)27-21(28)16-10-8-15(9-11-16)13-25-22-26-14-20(30-22)29-19-7-3-4-12-24-19/h1-12,14H,13,23H2,(H,25,26)(H,27,28). The molecule has 1 amide bonds. The van der Waals surface area contributed by atoms with Crippen LogP contribution in [0.1, 0.15) is 15.9 Å². The quantitative estimate of drug-likeness (QED) is 0.374. The number of anilines is 3. The molecule has 0 aliphatic carbocycles. The Hall–Kier alpha value is -3.91. The second-order valence-electron chi connectivity index (χ2n) is 6.35. The Morgan fingerprint density at radius 2 is 1.80 bits per heavy atom. The number of benzene rings is 2. The van der Waals surface area contributed by atoms with Gasteiger partial charge in [0.1, 0.15) is 0 Å². The molecule has 2 aromatic carbocycles. The number of carbonyl (C=O) groups excluding carboxylic acids is 1. The number of nitrogens with one attached hydrogen (secondary N) is 2. The van der Waals surface area contributed by atoms with Crippen LogP contribution < -0.4 is 21.1 Å². The molecule has 2 aromatic heterocycles. The van der Waals surface area contributed by atoms with Crippen molar-refractivity contribution in [2.45, 2.75) is 6.54 Å². The Bertz CT molecular complexity index is 1130. The molecular formula is C22H19N5O2S. The molecule has 0 unspecified atom stereocenters. The fourth-order valence-electron chi connectivity index (χ4n) is 2.66. The highest BCUT2D eigenvalue weighted by Crippen LogP contribution is 2.29. The van der Waals surface area contributed by atoms with Crippen molar-refractivity contribution in [3.8, 4) is 10.9 Å². The van der Waals surface area contributed by atoms with E-state index in [1.54, 1.807) is 42.7 Å². The third-order valence-corrected chi connectivity index (χ3v) is 5.03. The first-order valence-electron chi connectivity index (χ1n) is 9.21. The van der Waals surface area contributed by atoms with Crippen LogP contribution in [0.15, 0.2) is 79.1 Å². The maximum Gasteiger partial charge on any atom is 0.255 e. The van der Waals surface area contributed by atoms with Gasteiger partial charge in [0.25, 0.3) is 5.91 Å². The largest absolute Gasteiger partial charge is 0.427 e. The molecule has 4 N–H and O–H groups in total. The third-order valence-electron chi connectivity index (χ3n) is 4.20. The van der Waals surface area contributed by atoms with Gasteiger partial charge in [0.05, 0.1) is 17.6 Å². The van der Waals surface area contributed by atoms with E-state index in [0.717, 1.165) is 10.7 Å². The summed E-state index contributed by atoms with van der Waals surface area (Å²) in [4.78, 5) is 20.8. The topological polar surface area (TPSA) is 102 Å². The molecule has 0 radical (unpaired) electrons. The van der Waals surface area contributed by atoms with Crippen LogP contribution in [0.25, 0.3) is 0 Å². The molecule has 0 saturated heterocycles. The number of carbonyl (C=O) groups is 1. The zero-order chi connectivity index (χ0) is 20.8. The molecule has 2 heterocycles. The van der Waals surface area contributed by atoms with Crippen LogP contribution in [0.5, 0.6) is 10.9 Å². The van der Waals surface area contributed by atoms with Crippen LogP contribution in [-0.2, 0) is 6.54 Å². The zero-order valence-electron chi connectivity index (χ0n) is 15.9. The summed E-state index contributed by atoms with van der Waals surface area (Å²) in [5.74, 6) is 0.322. The molecule has 0 fully saturated rings. The van der Waals surface area contributed by atoms with Crippen LogP contribution in [0.2, 0.25) is 0 Å². The number of nitrogens with zero attached hydrogens (tertiary/aromatic N) is 2. The van der Waals surface area contributed by atoms with Crippen molar-refractivity contribution in [3.05, 3.63) is 90.3 Å². The minimum Gasteiger partial charge on any atom is -0.427 e. The van der Waals surface area contributed by atoms with E-state index in [2.05, 4.69) is 20.6 Å². The summed E-state index contributed by atoms with van der Waals surface area (Å²) in [5.41, 5.74) is 8.58. The SMILES string of the molecule is Nc1ccccc1NC(=O)c1ccc(CNc2ncc(Oc3ccccn3)s2)cc1. The van der Waals surface area contributed by atoms with Crippen molar-refractivity contribution in [1.29, 1.82) is 0 Å². The molecule has 4 rings (SSSR count). The van der Waals surface area contributed by atoms with E-state index in [1.807, 2.05) is 36.4 Å². The van der Waals surface area contributed by atoms with Gasteiger partial charge in [-0.2, -0.15) is 0 Å². The predicted octanol–water partition coefficient (Wildman–Crippen LogP) is 4.78. The van der Waals surface area contributed by atoms with E-state index < -0.39 is 0 Å². The highest BCUT2D eigenvalue weighted by atomic mass is 32.1. The summed E-state index contributed by atoms with van der Waals surface area (Å²) >= 11 is 1.40. The molecule has 0 atom stereocenters. The molecule has 7 nitrogen and oxygen atoms in total. The summed E-state index contributed by atoms with van der Waals surface area (Å²) in [7, 11) is 0. The Morgan fingerprint density at radius 1 is 1.00 bits per heavy atom. The number of thiazole rings is 1. The third kappa shape index (κ3) is 4.92. The van der Waals surface area contributed by atoms with Gasteiger partial charge in [-0.15, -0.1) is 0 Å². The number of hydrogen-bond acceptors (Lipinski definition) is 7. The number of aromatic nitrogens is 2. The lowest BCUT2D eigenvalue weighted by Crippen LogP contribution is -2.13. The number of amides is 1. The van der Waals surface area contributed by atoms with Crippen molar-refractivity contribution in [2.24, 2.45) is 0 Å². The summed E-state index contributed by atoms with van der Waals surface area (Å²) in [5, 5.41) is 7.47. The maximum atomic E-state index is 12.4. The highest BCUT2D eigenvalue weighted by molar-refractivity contribution is 7.17. The summed E-state index contributed by atoms with van der Waals surface area (Å²) in [6.07, 6.45) is 3.33. The smallest absolute Gasteiger partial charge is 0.255 e. The number of nitrogen functional groups attached to an aromatic ring is 1. The Labute approximate surface area is 177 Å². The first kappa shape index (κ1) is 19.4. The van der Waals surface area contributed by atoms with Crippen LogP contribution in [0.4, 0.5) is 16.5 Å². The minimum atomic E-state index is -0.205. The first-order chi connectivity index (χ1) is 14.7. The fourth-order valence-corrected chi connectivity index (χ4v) is 3.33. The van der Waals surface area contributed by atoms with Crippen molar-refractivity contribution in [1.82, 2.24) is 9.97 Å². The van der Waals surface area contributed by atoms with Gasteiger partial charge in [0.2, 0.25) is 10.9 Å². The fraction of sp³-hybridized carbons (Fsp3) is 0.0455. The van der Waals surface area contributed by atoms with Crippen LogP contribution >= 0.6 is 11.3 Å². The van der Waals surface area contributed by atoms with E-state index in [-0.39, 0.29) is 5.91 Å². The molecule has 8 heteroatoms. The number of pyridine rings is 1. The van der Waals surface area contributed by atoms with E-state index in [4.69, 9.17) is 10.5 Å². The van der Waals surface area contributed by atoms with Gasteiger partial charge in [-0.25, -0.2) is 9.97 Å². The van der Waals surface area contributed by atoms with Crippen molar-refractivity contribution >= 4 is 33.8 Å². The number of hydrogen-bond donors (Lipinski definition) is 3. The molecule has 4 aromatic rings. The lowest BCUT2D eigenvalue weighted by molar-refractivity contribution is 0.102. The Morgan fingerprint density at radius 3 is 2.57 bits per heavy atom. The predicted molar refractivity (Wildman–Crippen MR) is 119 cm³/mol. The van der Waals surface area contributed by atoms with E-state index in [0.29, 0.717) is 34.4 Å². The van der Waals surface area contributed by atoms with Crippen molar-refractivity contribution in [2.75, 3.05) is 16.4 Å². The van der Waals surface area contributed by atoms with Crippen molar-refractivity contribution in [3.63, 3.8) is 0 Å². The van der Waals surface area contributed by atoms with Gasteiger partial charge in [-0.3, -0.25) is 4.79 Å². The average Bonchev–Trinajstić information content (AvgIpc) is 3.22. The van der Waals surface area contributed by atoms with Gasteiger partial charge in [-0.1, -0.05) is 41.7 Å². The van der Waals surface area contributed by atoms with Gasteiger partial charge in [0, 0.05) is 24.4 Å². The van der Waals surface area contributed by atoms with Gasteiger partial charge >= 0.3 is 0 Å². The molecule has 150 valence electrons. The highest BCUT2D eigenvalue weighted by Gasteiger charge is 2.08. The van der Waals surface area contributed by atoms with Gasteiger partial charge in [-0.05, 0) is 35.9 Å². The van der Waals surface area contributed by atoms with Gasteiger partial charge < -0.3 is 21.1 Å². The lowest BCUT2D eigenvalue weighted by atomic mass is 10.1. The number of para-hydroxylation sites is 2. The van der Waals surface area contributed by atoms with Crippen LogP contribution in [0, 0.1) is 0 Å². The number of nitrogens with two attached hydrogens (primary N) is 1. The van der Waals surface area contributed by atoms with Crippen molar-refractivity contribution < 1.29 is 9.53 Å². The molecule has 0 aliphatic rings. The number of ether oxygens (including phenoxy) is 1. The van der Waals surface area contributed by atoms with E-state index in [1.165, 1.54) is 11.3 Å². The Balaban J connectivity index is 1.32. The molecule has 0 bridgehead atoms. The van der Waals surface area contributed by atoms with Crippen LogP contribution in [-0.4, -0.2) is 15.9 Å². The molecule has 0 saturated carbocycles. The van der Waals surface area contributed by atoms with E-state index >= 15 is 0 Å². The average molecular weight is 417 g/mol. The minimum absolute atomic E-state index is 0.205. The molecule has 0 aliphatic heterocycles. The van der Waals surface area contributed by atoms with E-state index in [9.17, 15) is 4.79 Å². The number of rotatable bonds is 7. The maximum absolute atomic E-state index is 12.4. The lowest BCUT2D eigenvalue weighted by Gasteiger charge is -2.08. The normalized spacial score (nSPS) is 10.4. The Kier molecular flexibility index (Phi) is 5.86. The molecule has 30 heavy (non-hydrogen) atoms. The summed E-state index contributed by atoms with van der Waals surface area (Å²) in [6, 6.07) is 20.0. The second kappa shape index (κ2) is 9.06. The zero-order valence-corrected chi connectivity index (χ0v) is 16.7. The second-order valence-corrected chi connectivity index (χ2v) is 7.34. The summed E-state index contributed by atoms with van der Waals surface area (Å²) in [6.45, 7) is 0.573. The summed E-state index contributed by atoms with van der Waals surface area (Å²) < 4.78 is 5.66. The molecular weight excluding hydrogens is 398 g/mol. The van der Waals surface area contributed by atoms with Gasteiger partial charge in [0.15, 0.2) is 5.13 Å². The first-order valence-corrected chi connectivity index (χ1v) is 10.0. The molecule has 0 spiro atoms. The van der Waals surface area contributed by atoms with Crippen LogP contribution in [0.3, 0.4) is 0 Å².